The van der Waals surface area contributed by atoms with Gasteiger partial charge < -0.3 is 9.64 Å². The Morgan fingerprint density at radius 3 is 2.31 bits per heavy atom. The average molecular weight is 227 g/mol. The van der Waals surface area contributed by atoms with Crippen molar-refractivity contribution in [2.24, 2.45) is 11.3 Å². The van der Waals surface area contributed by atoms with Gasteiger partial charge in [-0.05, 0) is 44.1 Å². The molecule has 0 N–H and O–H groups in total. The monoisotopic (exact) mass is 227 g/mol. The molecule has 0 amide bonds. The standard InChI is InChI=1S/C14H29NO/c1-12(2)14(3)8-6-13(7-9-14)15(4)10-11-16-5/h12-13H,6-11H2,1-5H3. The molecule has 0 aliphatic heterocycles. The maximum atomic E-state index is 5.14. The number of hydrogen-bond acceptors (Lipinski definition) is 2. The number of likely N-dealkylation sites (N-methyl/N-ethyl adjacent to an activating group) is 1. The topological polar surface area (TPSA) is 12.5 Å². The fourth-order valence-corrected chi connectivity index (χ4v) is 2.70. The van der Waals surface area contributed by atoms with E-state index >= 15 is 0 Å². The molecule has 2 nitrogen and oxygen atoms in total. The van der Waals surface area contributed by atoms with Gasteiger partial charge in [0, 0.05) is 19.7 Å². The lowest BCUT2D eigenvalue weighted by Gasteiger charge is -2.43. The van der Waals surface area contributed by atoms with E-state index in [1.165, 1.54) is 25.7 Å². The van der Waals surface area contributed by atoms with Gasteiger partial charge in [0.1, 0.15) is 0 Å². The quantitative estimate of drug-likeness (QED) is 0.715. The van der Waals surface area contributed by atoms with Gasteiger partial charge in [0.05, 0.1) is 6.61 Å². The van der Waals surface area contributed by atoms with Crippen LogP contribution in [0, 0.1) is 11.3 Å². The van der Waals surface area contributed by atoms with Crippen molar-refractivity contribution in [3.05, 3.63) is 0 Å². The van der Waals surface area contributed by atoms with Crippen LogP contribution in [0.3, 0.4) is 0 Å². The van der Waals surface area contributed by atoms with Crippen molar-refractivity contribution in [2.75, 3.05) is 27.3 Å². The Balaban J connectivity index is 2.36. The molecule has 1 fully saturated rings. The van der Waals surface area contributed by atoms with E-state index in [9.17, 15) is 0 Å². The summed E-state index contributed by atoms with van der Waals surface area (Å²) in [6.07, 6.45) is 5.48. The van der Waals surface area contributed by atoms with Crippen LogP contribution in [0.15, 0.2) is 0 Å². The highest BCUT2D eigenvalue weighted by molar-refractivity contribution is 4.87. The van der Waals surface area contributed by atoms with Crippen molar-refractivity contribution in [1.82, 2.24) is 4.90 Å². The van der Waals surface area contributed by atoms with E-state index in [1.807, 2.05) is 0 Å². The highest BCUT2D eigenvalue weighted by Crippen LogP contribution is 2.42. The summed E-state index contributed by atoms with van der Waals surface area (Å²) in [6.45, 7) is 9.13. The van der Waals surface area contributed by atoms with Crippen LogP contribution in [-0.4, -0.2) is 38.3 Å². The first kappa shape index (κ1) is 14.0. The number of methoxy groups -OCH3 is 1. The zero-order valence-electron chi connectivity index (χ0n) is 11.8. The van der Waals surface area contributed by atoms with E-state index in [-0.39, 0.29) is 0 Å². The molecular formula is C14H29NO. The predicted molar refractivity (Wildman–Crippen MR) is 69.7 cm³/mol. The van der Waals surface area contributed by atoms with Crippen LogP contribution < -0.4 is 0 Å². The zero-order chi connectivity index (χ0) is 12.2. The van der Waals surface area contributed by atoms with Gasteiger partial charge in [-0.25, -0.2) is 0 Å². The molecule has 16 heavy (non-hydrogen) atoms. The van der Waals surface area contributed by atoms with Crippen LogP contribution >= 0.6 is 0 Å². The molecule has 1 rings (SSSR count). The lowest BCUT2D eigenvalue weighted by atomic mass is 9.67. The SMILES string of the molecule is COCCN(C)C1CCC(C)(C(C)C)CC1. The molecule has 1 aliphatic rings. The van der Waals surface area contributed by atoms with E-state index < -0.39 is 0 Å². The summed E-state index contributed by atoms with van der Waals surface area (Å²) in [5, 5.41) is 0. The van der Waals surface area contributed by atoms with Crippen LogP contribution in [0.2, 0.25) is 0 Å². The van der Waals surface area contributed by atoms with E-state index in [4.69, 9.17) is 4.74 Å². The van der Waals surface area contributed by atoms with Crippen LogP contribution in [0.25, 0.3) is 0 Å². The van der Waals surface area contributed by atoms with E-state index in [0.29, 0.717) is 5.41 Å². The fourth-order valence-electron chi connectivity index (χ4n) is 2.70. The summed E-state index contributed by atoms with van der Waals surface area (Å²) < 4.78 is 5.14. The Morgan fingerprint density at radius 2 is 1.88 bits per heavy atom. The molecule has 0 saturated heterocycles. The maximum Gasteiger partial charge on any atom is 0.0589 e. The average Bonchev–Trinajstić information content (AvgIpc) is 2.26. The van der Waals surface area contributed by atoms with E-state index in [2.05, 4.69) is 32.7 Å². The second kappa shape index (κ2) is 6.02. The third-order valence-corrected chi connectivity index (χ3v) is 4.76. The summed E-state index contributed by atoms with van der Waals surface area (Å²) >= 11 is 0. The lowest BCUT2D eigenvalue weighted by molar-refractivity contribution is 0.0664. The second-order valence-corrected chi connectivity index (χ2v) is 6.01. The fraction of sp³-hybridized carbons (Fsp3) is 1.00. The molecule has 1 aliphatic carbocycles. The largest absolute Gasteiger partial charge is 0.383 e. The van der Waals surface area contributed by atoms with E-state index in [0.717, 1.165) is 25.1 Å². The molecule has 0 bridgehead atoms. The first-order chi connectivity index (χ1) is 7.49. The number of nitrogens with zero attached hydrogens (tertiary/aromatic N) is 1. The van der Waals surface area contributed by atoms with Gasteiger partial charge in [-0.1, -0.05) is 20.8 Å². The minimum absolute atomic E-state index is 0.582. The molecule has 0 aromatic heterocycles. The van der Waals surface area contributed by atoms with Gasteiger partial charge in [0.25, 0.3) is 0 Å². The first-order valence-electron chi connectivity index (χ1n) is 6.69. The van der Waals surface area contributed by atoms with Crippen molar-refractivity contribution in [3.63, 3.8) is 0 Å². The molecular weight excluding hydrogens is 198 g/mol. The van der Waals surface area contributed by atoms with Crippen molar-refractivity contribution in [3.8, 4) is 0 Å². The molecule has 96 valence electrons. The number of hydrogen-bond donors (Lipinski definition) is 0. The van der Waals surface area contributed by atoms with Crippen LogP contribution in [0.4, 0.5) is 0 Å². The third-order valence-electron chi connectivity index (χ3n) is 4.76. The maximum absolute atomic E-state index is 5.14. The Kier molecular flexibility index (Phi) is 5.26. The van der Waals surface area contributed by atoms with Gasteiger partial charge in [-0.2, -0.15) is 0 Å². The Hall–Kier alpha value is -0.0800. The first-order valence-corrected chi connectivity index (χ1v) is 6.69. The summed E-state index contributed by atoms with van der Waals surface area (Å²) in [5.41, 5.74) is 0.582. The van der Waals surface area contributed by atoms with Crippen molar-refractivity contribution >= 4 is 0 Å². The summed E-state index contributed by atoms with van der Waals surface area (Å²) in [7, 11) is 4.02. The molecule has 0 aromatic carbocycles. The van der Waals surface area contributed by atoms with Crippen molar-refractivity contribution < 1.29 is 4.74 Å². The normalized spacial score (nSPS) is 31.3. The molecule has 0 unspecified atom stereocenters. The lowest BCUT2D eigenvalue weighted by Crippen LogP contribution is -2.40. The molecule has 0 aromatic rings. The summed E-state index contributed by atoms with van der Waals surface area (Å²) in [6, 6.07) is 0.780. The zero-order valence-corrected chi connectivity index (χ0v) is 11.8. The smallest absolute Gasteiger partial charge is 0.0589 e. The van der Waals surface area contributed by atoms with Gasteiger partial charge in [-0.3, -0.25) is 0 Å². The van der Waals surface area contributed by atoms with E-state index in [1.54, 1.807) is 7.11 Å². The highest BCUT2D eigenvalue weighted by atomic mass is 16.5. The Morgan fingerprint density at radius 1 is 1.31 bits per heavy atom. The minimum Gasteiger partial charge on any atom is -0.383 e. The summed E-state index contributed by atoms with van der Waals surface area (Å²) in [5.74, 6) is 0.817. The predicted octanol–water partition coefficient (Wildman–Crippen LogP) is 3.17. The Bertz CT molecular complexity index is 195. The molecule has 1 saturated carbocycles. The van der Waals surface area contributed by atoms with Gasteiger partial charge in [0.15, 0.2) is 0 Å². The van der Waals surface area contributed by atoms with Crippen LogP contribution in [0.1, 0.15) is 46.5 Å². The third kappa shape index (κ3) is 3.46. The van der Waals surface area contributed by atoms with Gasteiger partial charge in [-0.15, -0.1) is 0 Å². The highest BCUT2D eigenvalue weighted by Gasteiger charge is 2.34. The molecule has 2 heteroatoms. The Labute approximate surface area is 101 Å². The molecule has 0 spiro atoms. The second-order valence-electron chi connectivity index (χ2n) is 6.01. The van der Waals surface area contributed by atoms with Crippen molar-refractivity contribution in [2.45, 2.75) is 52.5 Å². The van der Waals surface area contributed by atoms with Gasteiger partial charge in [0.2, 0.25) is 0 Å². The molecule has 0 atom stereocenters. The number of rotatable bonds is 5. The minimum atomic E-state index is 0.582. The van der Waals surface area contributed by atoms with Crippen LogP contribution in [0.5, 0.6) is 0 Å². The van der Waals surface area contributed by atoms with Gasteiger partial charge >= 0.3 is 0 Å². The van der Waals surface area contributed by atoms with Crippen LogP contribution in [-0.2, 0) is 4.74 Å². The van der Waals surface area contributed by atoms with Crippen molar-refractivity contribution in [1.29, 1.82) is 0 Å². The molecule has 0 heterocycles. The molecule has 0 radical (unpaired) electrons. The number of ether oxygens (including phenoxy) is 1. The summed E-state index contributed by atoms with van der Waals surface area (Å²) in [4.78, 5) is 2.48.